The lowest BCUT2D eigenvalue weighted by molar-refractivity contribution is -0.146. The Morgan fingerprint density at radius 3 is 2.41 bits per heavy atom. The van der Waals surface area contributed by atoms with Gasteiger partial charge in [0, 0.05) is 6.92 Å². The third-order valence-corrected chi connectivity index (χ3v) is 2.55. The van der Waals surface area contributed by atoms with Crippen molar-refractivity contribution in [2.45, 2.75) is 26.1 Å². The summed E-state index contributed by atoms with van der Waals surface area (Å²) in [5.74, 6) is -1.71. The molecule has 1 unspecified atom stereocenters. The maximum atomic E-state index is 13.0. The van der Waals surface area contributed by atoms with Crippen LogP contribution in [-0.4, -0.2) is 31.8 Å². The highest BCUT2D eigenvalue weighted by atomic mass is 19.4. The number of benzene rings is 1. The minimum Gasteiger partial charge on any atom is -0.490 e. The lowest BCUT2D eigenvalue weighted by Crippen LogP contribution is -2.21. The van der Waals surface area contributed by atoms with Crippen molar-refractivity contribution >= 4 is 11.9 Å². The van der Waals surface area contributed by atoms with Crippen LogP contribution in [0.2, 0.25) is 0 Å². The van der Waals surface area contributed by atoms with E-state index in [0.29, 0.717) is 6.07 Å². The van der Waals surface area contributed by atoms with E-state index in [-0.39, 0.29) is 12.4 Å². The minimum atomic E-state index is -4.73. The van der Waals surface area contributed by atoms with Gasteiger partial charge in [-0.05, 0) is 25.1 Å². The van der Waals surface area contributed by atoms with Crippen LogP contribution in [0.25, 0.3) is 0 Å². The van der Waals surface area contributed by atoms with Crippen molar-refractivity contribution in [2.75, 3.05) is 13.7 Å². The van der Waals surface area contributed by atoms with Gasteiger partial charge in [-0.25, -0.2) is 4.79 Å². The van der Waals surface area contributed by atoms with Crippen molar-refractivity contribution in [2.24, 2.45) is 0 Å². The third kappa shape index (κ3) is 4.94. The second-order valence-electron chi connectivity index (χ2n) is 4.43. The molecule has 122 valence electrons. The number of hydrogen-bond donors (Lipinski definition) is 0. The Morgan fingerprint density at radius 2 is 1.91 bits per heavy atom. The molecular formula is C14H15F3O5. The number of methoxy groups -OCH3 is 1. The van der Waals surface area contributed by atoms with E-state index < -0.39 is 35.3 Å². The summed E-state index contributed by atoms with van der Waals surface area (Å²) in [5.41, 5.74) is -1.76. The van der Waals surface area contributed by atoms with Crippen LogP contribution in [0.4, 0.5) is 13.2 Å². The van der Waals surface area contributed by atoms with Crippen LogP contribution in [0.15, 0.2) is 18.2 Å². The van der Waals surface area contributed by atoms with Crippen LogP contribution < -0.4 is 4.74 Å². The Morgan fingerprint density at radius 1 is 1.27 bits per heavy atom. The van der Waals surface area contributed by atoms with Crippen LogP contribution in [-0.2, 0) is 20.4 Å². The molecule has 5 nitrogen and oxygen atoms in total. The predicted molar refractivity (Wildman–Crippen MR) is 69.5 cm³/mol. The van der Waals surface area contributed by atoms with E-state index in [2.05, 4.69) is 4.74 Å². The Balaban J connectivity index is 2.95. The topological polar surface area (TPSA) is 61.8 Å². The fraction of sp³-hybridized carbons (Fsp3) is 0.429. The lowest BCUT2D eigenvalue weighted by Gasteiger charge is -2.16. The van der Waals surface area contributed by atoms with E-state index in [1.807, 2.05) is 0 Å². The van der Waals surface area contributed by atoms with Crippen LogP contribution in [0.3, 0.4) is 0 Å². The van der Waals surface area contributed by atoms with Gasteiger partial charge in [-0.3, -0.25) is 4.79 Å². The third-order valence-electron chi connectivity index (χ3n) is 2.55. The van der Waals surface area contributed by atoms with Gasteiger partial charge in [0.1, 0.15) is 18.5 Å². The summed E-state index contributed by atoms with van der Waals surface area (Å²) in [5, 5.41) is 0. The van der Waals surface area contributed by atoms with Gasteiger partial charge in [0.05, 0.1) is 18.2 Å². The average molecular weight is 320 g/mol. The zero-order valence-corrected chi connectivity index (χ0v) is 12.2. The molecule has 22 heavy (non-hydrogen) atoms. The molecule has 8 heteroatoms. The van der Waals surface area contributed by atoms with Crippen LogP contribution >= 0.6 is 0 Å². The number of carbonyl (C=O) groups is 2. The Kier molecular flexibility index (Phi) is 5.78. The van der Waals surface area contributed by atoms with Crippen molar-refractivity contribution in [3.63, 3.8) is 0 Å². The SMILES string of the molecule is COC(=O)c1ccc(OCC(C)OC(C)=O)cc1C(F)(F)F. The van der Waals surface area contributed by atoms with E-state index in [1.165, 1.54) is 19.9 Å². The molecule has 0 spiro atoms. The number of halogens is 3. The summed E-state index contributed by atoms with van der Waals surface area (Å²) in [4.78, 5) is 22.1. The van der Waals surface area contributed by atoms with Gasteiger partial charge in [-0.2, -0.15) is 13.2 Å². The number of esters is 2. The molecule has 1 aromatic carbocycles. The lowest BCUT2D eigenvalue weighted by atomic mass is 10.1. The van der Waals surface area contributed by atoms with E-state index >= 15 is 0 Å². The molecule has 1 rings (SSSR count). The monoisotopic (exact) mass is 320 g/mol. The number of carbonyl (C=O) groups excluding carboxylic acids is 2. The molecule has 0 saturated heterocycles. The van der Waals surface area contributed by atoms with Gasteiger partial charge in [0.15, 0.2) is 0 Å². The molecule has 1 aromatic rings. The molecule has 0 aromatic heterocycles. The van der Waals surface area contributed by atoms with E-state index in [1.54, 1.807) is 0 Å². The summed E-state index contributed by atoms with van der Waals surface area (Å²) >= 11 is 0. The second-order valence-corrected chi connectivity index (χ2v) is 4.43. The number of rotatable bonds is 5. The fourth-order valence-corrected chi connectivity index (χ4v) is 1.67. The van der Waals surface area contributed by atoms with Crippen LogP contribution in [0.5, 0.6) is 5.75 Å². The summed E-state index contributed by atoms with van der Waals surface area (Å²) in [6.45, 7) is 2.63. The van der Waals surface area contributed by atoms with Crippen molar-refractivity contribution in [3.8, 4) is 5.75 Å². The first kappa shape index (κ1) is 17.8. The first-order valence-corrected chi connectivity index (χ1v) is 6.24. The van der Waals surface area contributed by atoms with Gasteiger partial charge in [0.2, 0.25) is 0 Å². The van der Waals surface area contributed by atoms with Gasteiger partial charge in [0.25, 0.3) is 0 Å². The Labute approximate surface area is 125 Å². The normalized spacial score (nSPS) is 12.5. The molecule has 1 atom stereocenters. The molecule has 0 aliphatic heterocycles. The first-order chi connectivity index (χ1) is 10.1. The minimum absolute atomic E-state index is 0.0982. The molecule has 0 heterocycles. The number of hydrogen-bond acceptors (Lipinski definition) is 5. The van der Waals surface area contributed by atoms with Crippen LogP contribution in [0.1, 0.15) is 29.8 Å². The van der Waals surface area contributed by atoms with Crippen LogP contribution in [0, 0.1) is 0 Å². The number of ether oxygens (including phenoxy) is 3. The molecule has 0 fully saturated rings. The molecule has 0 amide bonds. The maximum Gasteiger partial charge on any atom is 0.417 e. The summed E-state index contributed by atoms with van der Waals surface area (Å²) in [6, 6.07) is 2.88. The average Bonchev–Trinajstić information content (AvgIpc) is 2.42. The highest BCUT2D eigenvalue weighted by Crippen LogP contribution is 2.34. The molecular weight excluding hydrogens is 305 g/mol. The van der Waals surface area contributed by atoms with Crippen molar-refractivity contribution < 1.29 is 37.0 Å². The zero-order valence-electron chi connectivity index (χ0n) is 12.2. The zero-order chi connectivity index (χ0) is 16.9. The standard InChI is InChI=1S/C14H15F3O5/c1-8(22-9(2)18)7-21-10-4-5-11(13(19)20-3)12(6-10)14(15,16)17/h4-6,8H,7H2,1-3H3. The summed E-state index contributed by atoms with van der Waals surface area (Å²) in [6.07, 6.45) is -5.35. The van der Waals surface area contributed by atoms with Gasteiger partial charge < -0.3 is 14.2 Å². The molecule has 0 aliphatic rings. The predicted octanol–water partition coefficient (Wildman–Crippen LogP) is 2.82. The Hall–Kier alpha value is -2.25. The maximum absolute atomic E-state index is 13.0. The van der Waals surface area contributed by atoms with Crippen molar-refractivity contribution in [1.29, 1.82) is 0 Å². The quantitative estimate of drug-likeness (QED) is 0.781. The van der Waals surface area contributed by atoms with Crippen molar-refractivity contribution in [1.82, 2.24) is 0 Å². The van der Waals surface area contributed by atoms with E-state index in [4.69, 9.17) is 9.47 Å². The highest BCUT2D eigenvalue weighted by molar-refractivity contribution is 5.91. The molecule has 0 N–H and O–H groups in total. The largest absolute Gasteiger partial charge is 0.490 e. The Bertz CT molecular complexity index is 554. The molecule has 0 aliphatic carbocycles. The number of alkyl halides is 3. The molecule has 0 radical (unpaired) electrons. The van der Waals surface area contributed by atoms with Gasteiger partial charge in [-0.1, -0.05) is 0 Å². The van der Waals surface area contributed by atoms with Gasteiger partial charge >= 0.3 is 18.1 Å². The van der Waals surface area contributed by atoms with Gasteiger partial charge in [-0.15, -0.1) is 0 Å². The smallest absolute Gasteiger partial charge is 0.417 e. The van der Waals surface area contributed by atoms with Crippen molar-refractivity contribution in [3.05, 3.63) is 29.3 Å². The van der Waals surface area contributed by atoms with E-state index in [0.717, 1.165) is 13.2 Å². The molecule has 0 bridgehead atoms. The fourth-order valence-electron chi connectivity index (χ4n) is 1.67. The summed E-state index contributed by atoms with van der Waals surface area (Å²) in [7, 11) is 0.994. The first-order valence-electron chi connectivity index (χ1n) is 6.24. The summed E-state index contributed by atoms with van der Waals surface area (Å²) < 4.78 is 53.1. The second kappa shape index (κ2) is 7.15. The molecule has 0 saturated carbocycles. The van der Waals surface area contributed by atoms with E-state index in [9.17, 15) is 22.8 Å². The highest BCUT2D eigenvalue weighted by Gasteiger charge is 2.36.